The van der Waals surface area contributed by atoms with Crippen molar-refractivity contribution in [2.45, 2.75) is 36.8 Å². The van der Waals surface area contributed by atoms with Crippen LogP contribution in [0.1, 0.15) is 18.1 Å². The highest BCUT2D eigenvalue weighted by Crippen LogP contribution is 2.39. The lowest BCUT2D eigenvalue weighted by molar-refractivity contribution is 0.0129. The molecule has 0 aliphatic carbocycles. The molecule has 1 saturated heterocycles. The van der Waals surface area contributed by atoms with Crippen LogP contribution < -0.4 is 4.90 Å². The fourth-order valence-electron chi connectivity index (χ4n) is 3.43. The maximum absolute atomic E-state index is 11.1. The Morgan fingerprint density at radius 1 is 1.04 bits per heavy atom. The Morgan fingerprint density at radius 3 is 2.36 bits per heavy atom. The average molecular weight is 422 g/mol. The molecule has 2 aromatic rings. The maximum Gasteiger partial charge on any atom is 0.471 e. The van der Waals surface area contributed by atoms with Gasteiger partial charge in [0.15, 0.2) is 0 Å². The molecule has 3 rings (SSSR count). The number of anilines is 1. The Morgan fingerprint density at radius 2 is 1.71 bits per heavy atom. The van der Waals surface area contributed by atoms with E-state index in [1.807, 2.05) is 11.0 Å². The smallest absolute Gasteiger partial charge is 0.368 e. The Kier molecular flexibility index (Phi) is 6.86. The van der Waals surface area contributed by atoms with Crippen molar-refractivity contribution in [3.05, 3.63) is 53.6 Å². The van der Waals surface area contributed by atoms with E-state index in [-0.39, 0.29) is 0 Å². The standard InChI is InChI=1S/C20H27N2O4PS/c1-15-8-9-19(16(2)14-15)28-20-7-5-4-6-18(20)22-12-10-21(11-13-22)17(3)26-27(23,24)25/h4-9,14,17H,10-13H2,1-3H3,(H2,23,24,25)/t17-/m0/s1. The van der Waals surface area contributed by atoms with E-state index in [1.165, 1.54) is 26.6 Å². The van der Waals surface area contributed by atoms with Gasteiger partial charge in [0.2, 0.25) is 0 Å². The zero-order valence-corrected chi connectivity index (χ0v) is 18.1. The van der Waals surface area contributed by atoms with E-state index in [1.54, 1.807) is 18.7 Å². The van der Waals surface area contributed by atoms with Gasteiger partial charge >= 0.3 is 7.82 Å². The van der Waals surface area contributed by atoms with Crippen LogP contribution in [0.4, 0.5) is 5.69 Å². The second-order valence-electron chi connectivity index (χ2n) is 7.06. The highest BCUT2D eigenvalue weighted by molar-refractivity contribution is 7.99. The molecule has 28 heavy (non-hydrogen) atoms. The minimum Gasteiger partial charge on any atom is -0.368 e. The molecule has 1 atom stereocenters. The third kappa shape index (κ3) is 5.60. The first-order chi connectivity index (χ1) is 13.2. The molecule has 0 radical (unpaired) electrons. The van der Waals surface area contributed by atoms with E-state index in [0.717, 1.165) is 13.1 Å². The summed E-state index contributed by atoms with van der Waals surface area (Å²) in [5, 5.41) is 0. The first kappa shape index (κ1) is 21.4. The van der Waals surface area contributed by atoms with E-state index in [0.29, 0.717) is 13.1 Å². The zero-order valence-electron chi connectivity index (χ0n) is 16.4. The van der Waals surface area contributed by atoms with Crippen molar-refractivity contribution in [2.75, 3.05) is 31.1 Å². The lowest BCUT2D eigenvalue weighted by Crippen LogP contribution is -2.50. The quantitative estimate of drug-likeness (QED) is 0.681. The minimum atomic E-state index is -4.48. The van der Waals surface area contributed by atoms with Crippen LogP contribution in [0, 0.1) is 13.8 Å². The molecule has 1 aliphatic rings. The number of piperazine rings is 1. The lowest BCUT2D eigenvalue weighted by Gasteiger charge is -2.39. The van der Waals surface area contributed by atoms with Gasteiger partial charge in [-0.2, -0.15) is 0 Å². The summed E-state index contributed by atoms with van der Waals surface area (Å²) in [5.74, 6) is 0. The maximum atomic E-state index is 11.1. The molecular weight excluding hydrogens is 395 g/mol. The van der Waals surface area contributed by atoms with Gasteiger partial charge in [0.25, 0.3) is 0 Å². The van der Waals surface area contributed by atoms with Crippen molar-refractivity contribution in [3.63, 3.8) is 0 Å². The Hall–Kier alpha value is -1.34. The fourth-order valence-corrected chi connectivity index (χ4v) is 5.00. The van der Waals surface area contributed by atoms with Crippen LogP contribution in [-0.4, -0.2) is 47.1 Å². The predicted octanol–water partition coefficient (Wildman–Crippen LogP) is 4.03. The summed E-state index contributed by atoms with van der Waals surface area (Å²) in [5.41, 5.74) is 3.72. The van der Waals surface area contributed by atoms with Gasteiger partial charge in [-0.05, 0) is 44.5 Å². The molecule has 0 amide bonds. The summed E-state index contributed by atoms with van der Waals surface area (Å²) >= 11 is 1.78. The molecule has 8 heteroatoms. The van der Waals surface area contributed by atoms with Gasteiger partial charge in [0.1, 0.15) is 6.23 Å². The molecule has 0 unspecified atom stereocenters. The third-order valence-corrected chi connectivity index (χ3v) is 6.70. The number of para-hydroxylation sites is 1. The monoisotopic (exact) mass is 422 g/mol. The van der Waals surface area contributed by atoms with Crippen molar-refractivity contribution >= 4 is 25.3 Å². The molecule has 0 aromatic heterocycles. The number of hydrogen-bond donors (Lipinski definition) is 2. The topological polar surface area (TPSA) is 73.2 Å². The first-order valence-corrected chi connectivity index (χ1v) is 11.6. The van der Waals surface area contributed by atoms with Gasteiger partial charge in [-0.25, -0.2) is 4.57 Å². The summed E-state index contributed by atoms with van der Waals surface area (Å²) < 4.78 is 15.9. The molecule has 0 bridgehead atoms. The van der Waals surface area contributed by atoms with Crippen molar-refractivity contribution in [1.82, 2.24) is 4.90 Å². The van der Waals surface area contributed by atoms with Crippen LogP contribution in [-0.2, 0) is 9.09 Å². The van der Waals surface area contributed by atoms with Crippen molar-refractivity contribution in [3.8, 4) is 0 Å². The van der Waals surface area contributed by atoms with E-state index < -0.39 is 14.1 Å². The molecule has 2 aromatic carbocycles. The summed E-state index contributed by atoms with van der Waals surface area (Å²) in [7, 11) is -4.48. The summed E-state index contributed by atoms with van der Waals surface area (Å²) in [6, 6.07) is 14.9. The van der Waals surface area contributed by atoms with Gasteiger partial charge in [0.05, 0.1) is 5.69 Å². The van der Waals surface area contributed by atoms with E-state index in [2.05, 4.69) is 55.1 Å². The summed E-state index contributed by atoms with van der Waals surface area (Å²) in [4.78, 5) is 24.8. The number of phosphoric acid groups is 1. The van der Waals surface area contributed by atoms with Crippen LogP contribution in [0.3, 0.4) is 0 Å². The number of nitrogens with zero attached hydrogens (tertiary/aromatic N) is 2. The summed E-state index contributed by atoms with van der Waals surface area (Å²) in [6.45, 7) is 8.84. The molecule has 0 saturated carbocycles. The Labute approximate surface area is 170 Å². The summed E-state index contributed by atoms with van der Waals surface area (Å²) in [6.07, 6.45) is -0.609. The van der Waals surface area contributed by atoms with Gasteiger partial charge < -0.3 is 14.7 Å². The van der Waals surface area contributed by atoms with Crippen LogP contribution >= 0.6 is 19.6 Å². The molecule has 1 aliphatic heterocycles. The molecule has 2 N–H and O–H groups in total. The SMILES string of the molecule is Cc1ccc(Sc2ccccc2N2CCN([C@H](C)OP(=O)(O)O)CC2)c(C)c1. The van der Waals surface area contributed by atoms with Crippen molar-refractivity contribution in [1.29, 1.82) is 0 Å². The van der Waals surface area contributed by atoms with Gasteiger partial charge in [-0.15, -0.1) is 0 Å². The van der Waals surface area contributed by atoms with Crippen LogP contribution in [0.25, 0.3) is 0 Å². The van der Waals surface area contributed by atoms with Crippen molar-refractivity contribution in [2.24, 2.45) is 0 Å². The fraction of sp³-hybridized carbons (Fsp3) is 0.400. The average Bonchev–Trinajstić information content (AvgIpc) is 2.63. The van der Waals surface area contributed by atoms with E-state index in [9.17, 15) is 4.57 Å². The Bertz CT molecular complexity index is 865. The van der Waals surface area contributed by atoms with E-state index >= 15 is 0 Å². The van der Waals surface area contributed by atoms with Gasteiger partial charge in [-0.1, -0.05) is 41.6 Å². The normalized spacial score (nSPS) is 17.0. The Balaban J connectivity index is 1.69. The molecule has 1 fully saturated rings. The minimum absolute atomic E-state index is 0.609. The van der Waals surface area contributed by atoms with Crippen molar-refractivity contribution < 1.29 is 18.9 Å². The molecule has 0 spiro atoms. The highest BCUT2D eigenvalue weighted by atomic mass is 32.2. The molecular formula is C20H27N2O4PS. The number of rotatable bonds is 6. The van der Waals surface area contributed by atoms with Crippen LogP contribution in [0.2, 0.25) is 0 Å². The predicted molar refractivity (Wildman–Crippen MR) is 113 cm³/mol. The van der Waals surface area contributed by atoms with Crippen LogP contribution in [0.15, 0.2) is 52.3 Å². The number of benzene rings is 2. The second kappa shape index (κ2) is 8.99. The third-order valence-electron chi connectivity index (χ3n) is 4.87. The lowest BCUT2D eigenvalue weighted by atomic mass is 10.2. The zero-order chi connectivity index (χ0) is 20.3. The molecule has 6 nitrogen and oxygen atoms in total. The van der Waals surface area contributed by atoms with E-state index in [4.69, 9.17) is 14.3 Å². The molecule has 1 heterocycles. The highest BCUT2D eigenvalue weighted by Gasteiger charge is 2.27. The van der Waals surface area contributed by atoms with Gasteiger partial charge in [-0.3, -0.25) is 9.42 Å². The number of hydrogen-bond acceptors (Lipinski definition) is 5. The first-order valence-electron chi connectivity index (χ1n) is 9.30. The molecule has 152 valence electrons. The number of aryl methyl sites for hydroxylation is 2. The largest absolute Gasteiger partial charge is 0.471 e. The number of phosphoric ester groups is 1. The van der Waals surface area contributed by atoms with Crippen LogP contribution in [0.5, 0.6) is 0 Å². The second-order valence-corrected chi connectivity index (χ2v) is 9.33. The van der Waals surface area contributed by atoms with Gasteiger partial charge in [0, 0.05) is 36.0 Å².